The van der Waals surface area contributed by atoms with Crippen molar-refractivity contribution in [1.82, 2.24) is 14.8 Å². The van der Waals surface area contributed by atoms with Crippen molar-refractivity contribution in [2.45, 2.75) is 37.2 Å². The number of nitrogens with one attached hydrogen (secondary N) is 2. The van der Waals surface area contributed by atoms with E-state index in [0.717, 1.165) is 6.42 Å². The van der Waals surface area contributed by atoms with Crippen LogP contribution in [0.15, 0.2) is 9.95 Å². The van der Waals surface area contributed by atoms with E-state index in [2.05, 4.69) is 10.2 Å². The predicted molar refractivity (Wildman–Crippen MR) is 60.4 cm³/mol. The van der Waals surface area contributed by atoms with E-state index < -0.39 is 0 Å². The molecule has 1 heterocycles. The highest BCUT2D eigenvalue weighted by molar-refractivity contribution is 8.00. The molecular weight excluding hydrogens is 214 g/mol. The quantitative estimate of drug-likeness (QED) is 0.386. The number of amidine groups is 1. The van der Waals surface area contributed by atoms with Crippen LogP contribution in [0.2, 0.25) is 0 Å². The first kappa shape index (κ1) is 11.8. The number of rotatable bonds is 5. The number of thioether (sulfide) groups is 1. The SMILES string of the molecule is CCC(Sc1n[nH]c(=O)n1CC)C(=N)N. The second kappa shape index (κ2) is 5.01. The summed E-state index contributed by atoms with van der Waals surface area (Å²) >= 11 is 1.34. The molecule has 7 heteroatoms. The van der Waals surface area contributed by atoms with E-state index in [4.69, 9.17) is 11.1 Å². The van der Waals surface area contributed by atoms with Gasteiger partial charge >= 0.3 is 5.69 Å². The average Bonchev–Trinajstić information content (AvgIpc) is 2.54. The first-order chi connectivity index (χ1) is 7.10. The van der Waals surface area contributed by atoms with Crippen molar-refractivity contribution < 1.29 is 0 Å². The number of nitrogens with two attached hydrogens (primary N) is 1. The van der Waals surface area contributed by atoms with Gasteiger partial charge in [-0.1, -0.05) is 18.7 Å². The fraction of sp³-hybridized carbons (Fsp3) is 0.625. The summed E-state index contributed by atoms with van der Waals surface area (Å²) in [7, 11) is 0. The second-order valence-electron chi connectivity index (χ2n) is 3.03. The Morgan fingerprint density at radius 2 is 2.40 bits per heavy atom. The monoisotopic (exact) mass is 229 g/mol. The summed E-state index contributed by atoms with van der Waals surface area (Å²) in [6, 6.07) is 0. The molecule has 0 amide bonds. The molecule has 0 aliphatic carbocycles. The molecule has 84 valence electrons. The highest BCUT2D eigenvalue weighted by Gasteiger charge is 2.16. The lowest BCUT2D eigenvalue weighted by Crippen LogP contribution is -2.25. The molecule has 0 spiro atoms. The number of aromatic nitrogens is 3. The van der Waals surface area contributed by atoms with Crippen LogP contribution in [-0.2, 0) is 6.54 Å². The summed E-state index contributed by atoms with van der Waals surface area (Å²) in [4.78, 5) is 11.3. The van der Waals surface area contributed by atoms with Crippen LogP contribution < -0.4 is 11.4 Å². The van der Waals surface area contributed by atoms with Gasteiger partial charge in [0.25, 0.3) is 0 Å². The fourth-order valence-electron chi connectivity index (χ4n) is 1.17. The lowest BCUT2D eigenvalue weighted by Gasteiger charge is -2.11. The van der Waals surface area contributed by atoms with E-state index >= 15 is 0 Å². The molecule has 1 rings (SSSR count). The Morgan fingerprint density at radius 3 is 2.87 bits per heavy atom. The summed E-state index contributed by atoms with van der Waals surface area (Å²) in [5, 5.41) is 14.1. The molecule has 1 atom stereocenters. The van der Waals surface area contributed by atoms with Gasteiger partial charge in [-0.2, -0.15) is 0 Å². The van der Waals surface area contributed by atoms with Gasteiger partial charge < -0.3 is 5.73 Å². The Labute approximate surface area is 91.8 Å². The van der Waals surface area contributed by atoms with Crippen molar-refractivity contribution in [3.05, 3.63) is 10.5 Å². The number of aromatic amines is 1. The van der Waals surface area contributed by atoms with Crippen LogP contribution in [0, 0.1) is 5.41 Å². The molecule has 0 saturated heterocycles. The zero-order chi connectivity index (χ0) is 11.4. The Balaban J connectivity index is 2.88. The van der Waals surface area contributed by atoms with E-state index in [9.17, 15) is 4.79 Å². The second-order valence-corrected chi connectivity index (χ2v) is 4.20. The summed E-state index contributed by atoms with van der Waals surface area (Å²) in [5.74, 6) is 0.112. The number of hydrogen-bond donors (Lipinski definition) is 3. The molecule has 6 nitrogen and oxygen atoms in total. The van der Waals surface area contributed by atoms with Crippen LogP contribution in [-0.4, -0.2) is 25.9 Å². The molecule has 0 aliphatic rings. The minimum Gasteiger partial charge on any atom is -0.387 e. The van der Waals surface area contributed by atoms with E-state index in [-0.39, 0.29) is 16.8 Å². The van der Waals surface area contributed by atoms with Gasteiger partial charge in [0.05, 0.1) is 5.25 Å². The van der Waals surface area contributed by atoms with Gasteiger partial charge in [-0.15, -0.1) is 5.10 Å². The first-order valence-corrected chi connectivity index (χ1v) is 5.63. The van der Waals surface area contributed by atoms with Crippen molar-refractivity contribution in [3.8, 4) is 0 Å². The Kier molecular flexibility index (Phi) is 3.96. The number of hydrogen-bond acceptors (Lipinski definition) is 4. The molecule has 1 unspecified atom stereocenters. The lowest BCUT2D eigenvalue weighted by molar-refractivity contribution is 0.659. The normalized spacial score (nSPS) is 12.7. The molecule has 0 fully saturated rings. The molecule has 0 aliphatic heterocycles. The fourth-order valence-corrected chi connectivity index (χ4v) is 2.15. The summed E-state index contributed by atoms with van der Waals surface area (Å²) in [5.41, 5.74) is 5.21. The van der Waals surface area contributed by atoms with Crippen molar-refractivity contribution in [2.24, 2.45) is 5.73 Å². The van der Waals surface area contributed by atoms with Gasteiger partial charge in [-0.05, 0) is 13.3 Å². The van der Waals surface area contributed by atoms with Crippen LogP contribution in [0.5, 0.6) is 0 Å². The van der Waals surface area contributed by atoms with E-state index in [1.807, 2.05) is 13.8 Å². The largest absolute Gasteiger partial charge is 0.387 e. The Morgan fingerprint density at radius 1 is 1.73 bits per heavy atom. The first-order valence-electron chi connectivity index (χ1n) is 4.75. The molecule has 1 aromatic heterocycles. The lowest BCUT2D eigenvalue weighted by atomic mass is 10.3. The minimum atomic E-state index is -0.224. The maximum atomic E-state index is 11.3. The third-order valence-corrected chi connectivity index (χ3v) is 3.40. The number of nitrogens with zero attached hydrogens (tertiary/aromatic N) is 2. The topological polar surface area (TPSA) is 101 Å². The van der Waals surface area contributed by atoms with Crippen LogP contribution >= 0.6 is 11.8 Å². The molecule has 0 aromatic carbocycles. The van der Waals surface area contributed by atoms with Crippen molar-refractivity contribution in [1.29, 1.82) is 5.41 Å². The van der Waals surface area contributed by atoms with Crippen molar-refractivity contribution >= 4 is 17.6 Å². The Bertz CT molecular complexity index is 396. The third kappa shape index (κ3) is 2.62. The van der Waals surface area contributed by atoms with Gasteiger partial charge in [0.1, 0.15) is 5.84 Å². The predicted octanol–water partition coefficient (Wildman–Crippen LogP) is 0.398. The third-order valence-electron chi connectivity index (χ3n) is 2.00. The highest BCUT2D eigenvalue weighted by atomic mass is 32.2. The zero-order valence-corrected chi connectivity index (χ0v) is 9.60. The maximum absolute atomic E-state index is 11.3. The molecule has 0 bridgehead atoms. The van der Waals surface area contributed by atoms with Gasteiger partial charge in [-0.3, -0.25) is 9.98 Å². The smallest absolute Gasteiger partial charge is 0.343 e. The van der Waals surface area contributed by atoms with Crippen molar-refractivity contribution in [2.75, 3.05) is 0 Å². The molecule has 1 aromatic rings. The average molecular weight is 229 g/mol. The van der Waals surface area contributed by atoms with Gasteiger partial charge in [-0.25, -0.2) is 9.89 Å². The van der Waals surface area contributed by atoms with Gasteiger partial charge in [0.15, 0.2) is 5.16 Å². The summed E-state index contributed by atoms with van der Waals surface area (Å²) in [6.45, 7) is 4.38. The summed E-state index contributed by atoms with van der Waals surface area (Å²) < 4.78 is 1.52. The van der Waals surface area contributed by atoms with Crippen LogP contribution in [0.4, 0.5) is 0 Å². The molecule has 0 saturated carbocycles. The Hall–Kier alpha value is -1.24. The molecular formula is C8H15N5OS. The van der Waals surface area contributed by atoms with Gasteiger partial charge in [0.2, 0.25) is 0 Å². The van der Waals surface area contributed by atoms with Crippen LogP contribution in [0.3, 0.4) is 0 Å². The van der Waals surface area contributed by atoms with E-state index in [1.54, 1.807) is 0 Å². The van der Waals surface area contributed by atoms with Crippen LogP contribution in [0.25, 0.3) is 0 Å². The zero-order valence-electron chi connectivity index (χ0n) is 8.78. The molecule has 4 N–H and O–H groups in total. The molecule has 15 heavy (non-hydrogen) atoms. The van der Waals surface area contributed by atoms with Gasteiger partial charge in [0, 0.05) is 6.54 Å². The number of H-pyrrole nitrogens is 1. The van der Waals surface area contributed by atoms with E-state index in [1.165, 1.54) is 16.3 Å². The van der Waals surface area contributed by atoms with E-state index in [0.29, 0.717) is 11.7 Å². The maximum Gasteiger partial charge on any atom is 0.343 e. The summed E-state index contributed by atoms with van der Waals surface area (Å²) in [6.07, 6.45) is 0.741. The minimum absolute atomic E-state index is 0.112. The van der Waals surface area contributed by atoms with Crippen molar-refractivity contribution in [3.63, 3.8) is 0 Å². The highest BCUT2D eigenvalue weighted by Crippen LogP contribution is 2.21. The molecule has 0 radical (unpaired) electrons. The standard InChI is InChI=1S/C8H15N5OS/c1-3-5(6(9)10)15-8-12-11-7(14)13(8)4-2/h5H,3-4H2,1-2H3,(H3,9,10)(H,11,14). The van der Waals surface area contributed by atoms with Crippen LogP contribution in [0.1, 0.15) is 20.3 Å².